The van der Waals surface area contributed by atoms with Crippen molar-refractivity contribution in [2.24, 2.45) is 10.7 Å². The summed E-state index contributed by atoms with van der Waals surface area (Å²) in [5.41, 5.74) is 6.51. The minimum absolute atomic E-state index is 0. The Bertz CT molecular complexity index is 753. The second-order valence-electron chi connectivity index (χ2n) is 7.42. The Morgan fingerprint density at radius 3 is 2.55 bits per heavy atom. The maximum absolute atomic E-state index is 12.0. The molecule has 2 aliphatic heterocycles. The predicted molar refractivity (Wildman–Crippen MR) is 128 cm³/mol. The highest BCUT2D eigenvalue weighted by molar-refractivity contribution is 14.0. The Balaban J connectivity index is 0.00000341. The van der Waals surface area contributed by atoms with Crippen molar-refractivity contribution < 1.29 is 19.1 Å². The fourth-order valence-corrected chi connectivity index (χ4v) is 3.61. The van der Waals surface area contributed by atoms with Gasteiger partial charge in [0.1, 0.15) is 6.10 Å². The number of amides is 2. The molecule has 2 fully saturated rings. The molecule has 0 bridgehead atoms. The number of nitrogens with one attached hydrogen (secondary N) is 2. The first kappa shape index (κ1) is 25.3. The lowest BCUT2D eigenvalue weighted by Gasteiger charge is -2.37. The van der Waals surface area contributed by atoms with Crippen molar-refractivity contribution in [1.29, 1.82) is 0 Å². The topological polar surface area (TPSA) is 118 Å². The third-order valence-corrected chi connectivity index (χ3v) is 5.16. The smallest absolute Gasteiger partial charge is 0.251 e. The molecule has 2 atom stereocenters. The summed E-state index contributed by atoms with van der Waals surface area (Å²) >= 11 is 0. The number of carbonyl (C=O) groups is 2. The summed E-state index contributed by atoms with van der Waals surface area (Å²) in [6.07, 6.45) is 2.38. The summed E-state index contributed by atoms with van der Waals surface area (Å²) in [6, 6.07) is 7.16. The molecule has 172 valence electrons. The molecule has 1 aromatic carbocycles. The van der Waals surface area contributed by atoms with Gasteiger partial charge in [-0.1, -0.05) is 12.1 Å². The van der Waals surface area contributed by atoms with E-state index in [2.05, 4.69) is 15.5 Å². The number of nitrogens with two attached hydrogens (primary N) is 1. The molecule has 0 radical (unpaired) electrons. The number of hydrogen-bond donors (Lipinski definition) is 3. The molecule has 0 spiro atoms. The normalized spacial score (nSPS) is 21.3. The van der Waals surface area contributed by atoms with Gasteiger partial charge in [0.2, 0.25) is 5.91 Å². The Kier molecular flexibility index (Phi) is 10.5. The summed E-state index contributed by atoms with van der Waals surface area (Å²) in [5, 5.41) is 5.84. The van der Waals surface area contributed by atoms with E-state index in [0.29, 0.717) is 18.7 Å². The second kappa shape index (κ2) is 12.8. The zero-order valence-electron chi connectivity index (χ0n) is 17.8. The molecular formula is C21H32IN5O4. The van der Waals surface area contributed by atoms with Gasteiger partial charge in [-0.25, -0.2) is 4.99 Å². The highest BCUT2D eigenvalue weighted by Gasteiger charge is 2.32. The molecule has 0 saturated carbocycles. The number of primary amides is 1. The SMILES string of the molecule is CCNC(=NCc1ccc(C(=O)NCC(N)=O)cc1)N1CCOC(C2CCCO2)C1.I. The van der Waals surface area contributed by atoms with E-state index in [1.807, 2.05) is 19.1 Å². The molecule has 3 rings (SSSR count). The lowest BCUT2D eigenvalue weighted by atomic mass is 10.1. The predicted octanol–water partition coefficient (Wildman–Crippen LogP) is 0.865. The number of ether oxygens (including phenoxy) is 2. The van der Waals surface area contributed by atoms with Gasteiger partial charge in [-0.2, -0.15) is 0 Å². The van der Waals surface area contributed by atoms with Gasteiger partial charge in [0.25, 0.3) is 5.91 Å². The number of halogens is 1. The van der Waals surface area contributed by atoms with Gasteiger partial charge in [0.15, 0.2) is 5.96 Å². The van der Waals surface area contributed by atoms with E-state index in [1.54, 1.807) is 12.1 Å². The Morgan fingerprint density at radius 2 is 1.90 bits per heavy atom. The van der Waals surface area contributed by atoms with E-state index in [4.69, 9.17) is 20.2 Å². The van der Waals surface area contributed by atoms with Crippen molar-refractivity contribution in [2.45, 2.75) is 38.5 Å². The van der Waals surface area contributed by atoms with Crippen LogP contribution < -0.4 is 16.4 Å². The van der Waals surface area contributed by atoms with Gasteiger partial charge >= 0.3 is 0 Å². The van der Waals surface area contributed by atoms with Gasteiger partial charge < -0.3 is 30.7 Å². The Labute approximate surface area is 200 Å². The molecule has 9 nitrogen and oxygen atoms in total. The minimum atomic E-state index is -0.574. The largest absolute Gasteiger partial charge is 0.375 e. The van der Waals surface area contributed by atoms with Crippen molar-refractivity contribution in [3.05, 3.63) is 35.4 Å². The maximum atomic E-state index is 12.0. The number of benzene rings is 1. The summed E-state index contributed by atoms with van der Waals surface area (Å²) in [4.78, 5) is 29.8. The highest BCUT2D eigenvalue weighted by Crippen LogP contribution is 2.21. The van der Waals surface area contributed by atoms with Crippen LogP contribution in [0.1, 0.15) is 35.7 Å². The fraction of sp³-hybridized carbons (Fsp3) is 0.571. The second-order valence-corrected chi connectivity index (χ2v) is 7.42. The van der Waals surface area contributed by atoms with Gasteiger partial charge in [-0.15, -0.1) is 24.0 Å². The maximum Gasteiger partial charge on any atom is 0.251 e. The number of rotatable bonds is 7. The van der Waals surface area contributed by atoms with Gasteiger partial charge in [-0.05, 0) is 37.5 Å². The number of nitrogens with zero attached hydrogens (tertiary/aromatic N) is 2. The van der Waals surface area contributed by atoms with Crippen molar-refractivity contribution in [1.82, 2.24) is 15.5 Å². The van der Waals surface area contributed by atoms with Crippen LogP contribution in [0.5, 0.6) is 0 Å². The summed E-state index contributed by atoms with van der Waals surface area (Å²) in [5.74, 6) is -0.0483. The summed E-state index contributed by atoms with van der Waals surface area (Å²) < 4.78 is 11.7. The van der Waals surface area contributed by atoms with Crippen LogP contribution in [-0.4, -0.2) is 74.3 Å². The Hall–Kier alpha value is -1.92. The molecule has 2 unspecified atom stereocenters. The first-order chi connectivity index (χ1) is 14.6. The standard InChI is InChI=1S/C21H31N5O4.HI/c1-2-23-21(26-9-11-30-18(14-26)17-4-3-10-29-17)25-12-15-5-7-16(8-6-15)20(28)24-13-19(22)27;/h5-8,17-18H,2-4,9-14H2,1H3,(H2,22,27)(H,23,25)(H,24,28);1H. The molecule has 2 amide bonds. The zero-order chi connectivity index (χ0) is 21.3. The molecule has 4 N–H and O–H groups in total. The third kappa shape index (κ3) is 7.62. The lowest BCUT2D eigenvalue weighted by molar-refractivity contribution is -0.117. The average molecular weight is 545 g/mol. The fourth-order valence-electron chi connectivity index (χ4n) is 3.61. The molecule has 31 heavy (non-hydrogen) atoms. The number of guanidine groups is 1. The number of aliphatic imine (C=N–C) groups is 1. The molecule has 0 aromatic heterocycles. The number of hydrogen-bond acceptors (Lipinski definition) is 5. The number of carbonyl (C=O) groups excluding carboxylic acids is 2. The van der Waals surface area contributed by atoms with Gasteiger partial charge in [0.05, 0.1) is 25.8 Å². The molecule has 2 saturated heterocycles. The summed E-state index contributed by atoms with van der Waals surface area (Å²) in [6.45, 7) is 6.16. The minimum Gasteiger partial charge on any atom is -0.375 e. The molecule has 2 heterocycles. The van der Waals surface area contributed by atoms with E-state index < -0.39 is 5.91 Å². The molecule has 0 aliphatic carbocycles. The first-order valence-corrected chi connectivity index (χ1v) is 10.5. The average Bonchev–Trinajstić information content (AvgIpc) is 3.30. The van der Waals surface area contributed by atoms with E-state index >= 15 is 0 Å². The van der Waals surface area contributed by atoms with E-state index in [1.165, 1.54) is 0 Å². The van der Waals surface area contributed by atoms with Crippen LogP contribution in [0.2, 0.25) is 0 Å². The monoisotopic (exact) mass is 545 g/mol. The van der Waals surface area contributed by atoms with Gasteiger partial charge in [-0.3, -0.25) is 9.59 Å². The summed E-state index contributed by atoms with van der Waals surface area (Å²) in [7, 11) is 0. The van der Waals surface area contributed by atoms with Crippen LogP contribution in [0.25, 0.3) is 0 Å². The molecule has 2 aliphatic rings. The molecule has 1 aromatic rings. The van der Waals surface area contributed by atoms with Crippen LogP contribution >= 0.6 is 24.0 Å². The Morgan fingerprint density at radius 1 is 1.16 bits per heavy atom. The van der Waals surface area contributed by atoms with Crippen molar-refractivity contribution in [2.75, 3.05) is 39.4 Å². The highest BCUT2D eigenvalue weighted by atomic mass is 127. The van der Waals surface area contributed by atoms with Crippen molar-refractivity contribution >= 4 is 41.8 Å². The zero-order valence-corrected chi connectivity index (χ0v) is 20.2. The lowest BCUT2D eigenvalue weighted by Crippen LogP contribution is -2.53. The van der Waals surface area contributed by atoms with Crippen LogP contribution in [0.3, 0.4) is 0 Å². The van der Waals surface area contributed by atoms with Crippen LogP contribution in [-0.2, 0) is 20.8 Å². The van der Waals surface area contributed by atoms with Crippen LogP contribution in [0.15, 0.2) is 29.3 Å². The third-order valence-electron chi connectivity index (χ3n) is 5.16. The van der Waals surface area contributed by atoms with E-state index in [9.17, 15) is 9.59 Å². The quantitative estimate of drug-likeness (QED) is 0.266. The van der Waals surface area contributed by atoms with E-state index in [-0.39, 0.29) is 48.6 Å². The molecule has 10 heteroatoms. The van der Waals surface area contributed by atoms with Crippen molar-refractivity contribution in [3.8, 4) is 0 Å². The van der Waals surface area contributed by atoms with E-state index in [0.717, 1.165) is 50.6 Å². The van der Waals surface area contributed by atoms with Crippen LogP contribution in [0.4, 0.5) is 0 Å². The number of morpholine rings is 1. The van der Waals surface area contributed by atoms with Gasteiger partial charge in [0, 0.05) is 31.8 Å². The van der Waals surface area contributed by atoms with Crippen LogP contribution in [0, 0.1) is 0 Å². The first-order valence-electron chi connectivity index (χ1n) is 10.5. The molecular weight excluding hydrogens is 513 g/mol. The van der Waals surface area contributed by atoms with Crippen molar-refractivity contribution in [3.63, 3.8) is 0 Å².